The molecule has 2 saturated heterocycles. The zero-order valence-electron chi connectivity index (χ0n) is 32.1. The second kappa shape index (κ2) is 20.0. The number of hydrogen-bond donors (Lipinski definition) is 10. The van der Waals surface area contributed by atoms with Gasteiger partial charge in [0.15, 0.2) is 12.4 Å². The summed E-state index contributed by atoms with van der Waals surface area (Å²) in [6.45, 7) is -2.55. The first-order valence-corrected chi connectivity index (χ1v) is 21.1. The van der Waals surface area contributed by atoms with E-state index in [9.17, 15) is 70.2 Å². The summed E-state index contributed by atoms with van der Waals surface area (Å²) in [7, 11) is 0. The first kappa shape index (κ1) is 47.1. The van der Waals surface area contributed by atoms with Crippen molar-refractivity contribution in [2.24, 2.45) is 23.7 Å². The fourth-order valence-corrected chi connectivity index (χ4v) is 8.39. The highest BCUT2D eigenvalue weighted by molar-refractivity contribution is 8.12. The lowest BCUT2D eigenvalue weighted by atomic mass is 9.82. The van der Waals surface area contributed by atoms with Crippen LogP contribution in [0.25, 0.3) is 0 Å². The number of carbonyl (C=O) groups excluding carboxylic acids is 3. The molecule has 0 aromatic rings. The van der Waals surface area contributed by atoms with E-state index in [0.29, 0.717) is 0 Å². The van der Waals surface area contributed by atoms with Gasteiger partial charge in [0.05, 0.1) is 60.9 Å². The summed E-state index contributed by atoms with van der Waals surface area (Å²) < 4.78 is 50.6. The number of aliphatic hydroxyl groups is 9. The number of carboxylic acid groups (broad SMARTS) is 1. The number of aliphatic hydroxyl groups excluding tert-OH is 9. The van der Waals surface area contributed by atoms with Crippen LogP contribution in [-0.2, 0) is 52.2 Å². The second-order valence-electron chi connectivity index (χ2n) is 14.6. The molecule has 0 saturated carbocycles. The maximum absolute atomic E-state index is 14.2. The molecule has 2 aliphatic carbocycles. The van der Waals surface area contributed by atoms with Crippen molar-refractivity contribution in [1.29, 1.82) is 0 Å². The van der Waals surface area contributed by atoms with E-state index >= 15 is 0 Å². The number of ether oxygens (including phenoxy) is 9. The molecule has 18 atom stereocenters. The molecule has 0 spiro atoms. The maximum atomic E-state index is 14.2. The molecule has 0 aromatic heterocycles. The van der Waals surface area contributed by atoms with Crippen LogP contribution in [0.1, 0.15) is 0 Å². The van der Waals surface area contributed by atoms with E-state index in [0.717, 1.165) is 36.0 Å². The van der Waals surface area contributed by atoms with E-state index in [-0.39, 0.29) is 16.7 Å². The number of rotatable bonds is 13. The molecule has 0 aromatic carbocycles. The molecule has 340 valence electrons. The monoisotopic (exact) mass is 910 g/mol. The Bertz CT molecular complexity index is 1770. The van der Waals surface area contributed by atoms with Crippen LogP contribution >= 0.6 is 23.5 Å². The van der Waals surface area contributed by atoms with Crippen molar-refractivity contribution in [1.82, 2.24) is 0 Å². The highest BCUT2D eigenvalue weighted by Gasteiger charge is 2.56. The van der Waals surface area contributed by atoms with E-state index in [2.05, 4.69) is 0 Å². The average molecular weight is 911 g/mol. The lowest BCUT2D eigenvalue weighted by Gasteiger charge is -2.45. The lowest BCUT2D eigenvalue weighted by molar-refractivity contribution is -0.342. The first-order valence-electron chi connectivity index (χ1n) is 18.6. The quantitative estimate of drug-likeness (QED) is 0.0494. The van der Waals surface area contributed by atoms with Crippen LogP contribution in [0.2, 0.25) is 0 Å². The van der Waals surface area contributed by atoms with E-state index < -0.39 is 164 Å². The summed E-state index contributed by atoms with van der Waals surface area (Å²) >= 11 is 1.49. The van der Waals surface area contributed by atoms with Crippen molar-refractivity contribution < 1.29 is 113 Å². The van der Waals surface area contributed by atoms with Crippen molar-refractivity contribution >= 4 is 46.1 Å². The predicted molar refractivity (Wildman–Crippen MR) is 199 cm³/mol. The number of carboxylic acids is 1. The molecule has 0 radical (unpaired) electrons. The molecule has 2 fully saturated rings. The smallest absolute Gasteiger partial charge is 0.367 e. The van der Waals surface area contributed by atoms with Crippen molar-refractivity contribution in [3.05, 3.63) is 47.0 Å². The number of aliphatic carboxylic acids is 1. The van der Waals surface area contributed by atoms with Crippen LogP contribution in [0.4, 0.5) is 9.59 Å². The summed E-state index contributed by atoms with van der Waals surface area (Å²) in [4.78, 5) is 50.4. The standard InChI is InChI=1S/C36H46O23S2/c1-60-35(49)53-7-11-3-15(39)21-13(29(46)47)9-51-32(19(11)21)59-34-28(26(44)24(42)18(6-38)56-34)57-30(48)14-10-52-31(58-33-27(45)25(43)23(41)17(5-37)55-33)20-12(4-16(40)22(14)20)8-54-36(50)61-2/h3-4,9-10,15-28,31-34,37-45H,5-8H2,1-2H3,(H,46,47). The summed E-state index contributed by atoms with van der Waals surface area (Å²) in [5.41, 5.74) is -0.450. The molecule has 61 heavy (non-hydrogen) atoms. The molecular formula is C36H46O23S2. The van der Waals surface area contributed by atoms with Gasteiger partial charge in [0.1, 0.15) is 55.9 Å². The Hall–Kier alpha value is -3.38. The van der Waals surface area contributed by atoms with Crippen molar-refractivity contribution in [2.45, 2.75) is 86.2 Å². The third-order valence-corrected chi connectivity index (χ3v) is 12.0. The highest BCUT2D eigenvalue weighted by atomic mass is 32.2. The van der Waals surface area contributed by atoms with Gasteiger partial charge in [-0.15, -0.1) is 0 Å². The Kier molecular flexibility index (Phi) is 15.4. The van der Waals surface area contributed by atoms with Gasteiger partial charge in [0.2, 0.25) is 18.9 Å². The van der Waals surface area contributed by atoms with Gasteiger partial charge in [-0.2, -0.15) is 0 Å². The van der Waals surface area contributed by atoms with E-state index in [1.165, 1.54) is 24.7 Å². The number of thioether (sulfide) groups is 2. The zero-order valence-corrected chi connectivity index (χ0v) is 33.8. The van der Waals surface area contributed by atoms with Gasteiger partial charge >= 0.3 is 22.5 Å². The second-order valence-corrected chi connectivity index (χ2v) is 16.0. The molecule has 6 rings (SSSR count). The third-order valence-electron chi connectivity index (χ3n) is 11.1. The minimum atomic E-state index is -2.05. The van der Waals surface area contributed by atoms with Crippen LogP contribution in [0.15, 0.2) is 47.0 Å². The molecule has 23 nitrogen and oxygen atoms in total. The molecule has 0 bridgehead atoms. The van der Waals surface area contributed by atoms with Crippen LogP contribution < -0.4 is 0 Å². The number of hydrogen-bond acceptors (Lipinski definition) is 24. The summed E-state index contributed by atoms with van der Waals surface area (Å²) in [5.74, 6) is -7.70. The molecule has 6 aliphatic rings. The summed E-state index contributed by atoms with van der Waals surface area (Å²) in [6.07, 6.45) is -17.0. The van der Waals surface area contributed by atoms with Crippen molar-refractivity contribution in [3.8, 4) is 0 Å². The Balaban J connectivity index is 1.27. The predicted octanol–water partition coefficient (Wildman–Crippen LogP) is -3.20. The molecule has 4 heterocycles. The van der Waals surface area contributed by atoms with Gasteiger partial charge in [0, 0.05) is 11.8 Å². The minimum absolute atomic E-state index is 0.153. The lowest BCUT2D eigenvalue weighted by Crippen LogP contribution is -2.62. The summed E-state index contributed by atoms with van der Waals surface area (Å²) in [5, 5.41) is 104. The molecular weight excluding hydrogens is 865 g/mol. The topological polar surface area (TPSA) is 354 Å². The number of fused-ring (bicyclic) bond motifs is 2. The summed E-state index contributed by atoms with van der Waals surface area (Å²) in [6, 6.07) is 0. The Labute approximate surface area is 354 Å². The van der Waals surface area contributed by atoms with Gasteiger partial charge in [-0.1, -0.05) is 12.2 Å². The van der Waals surface area contributed by atoms with Crippen LogP contribution in [-0.4, -0.2) is 199 Å². The fourth-order valence-electron chi connectivity index (χ4n) is 8.03. The van der Waals surface area contributed by atoms with Crippen molar-refractivity contribution in [2.75, 3.05) is 38.9 Å². The van der Waals surface area contributed by atoms with Gasteiger partial charge in [-0.3, -0.25) is 0 Å². The van der Waals surface area contributed by atoms with E-state index in [4.69, 9.17) is 42.6 Å². The normalized spacial score (nSPS) is 40.4. The average Bonchev–Trinajstić information content (AvgIpc) is 3.77. The van der Waals surface area contributed by atoms with Gasteiger partial charge in [0.25, 0.3) is 0 Å². The molecule has 4 aliphatic heterocycles. The van der Waals surface area contributed by atoms with E-state index in [1.807, 2.05) is 0 Å². The number of carbonyl (C=O) groups is 4. The molecule has 18 unspecified atom stereocenters. The number of esters is 1. The molecule has 0 amide bonds. The Morgan fingerprint density at radius 2 is 1.07 bits per heavy atom. The zero-order chi connectivity index (χ0) is 44.4. The van der Waals surface area contributed by atoms with Crippen LogP contribution in [0, 0.1) is 23.7 Å². The molecule has 10 N–H and O–H groups in total. The van der Waals surface area contributed by atoms with E-state index in [1.54, 1.807) is 0 Å². The van der Waals surface area contributed by atoms with Gasteiger partial charge in [-0.25, -0.2) is 19.2 Å². The Morgan fingerprint density at radius 3 is 1.56 bits per heavy atom. The first-order chi connectivity index (χ1) is 29.0. The fraction of sp³-hybridized carbons (Fsp3) is 0.667. The third kappa shape index (κ3) is 9.60. The SMILES string of the molecule is CSC(=O)OCC1=CC(O)C2C(C(=O)O)=COC(OC3OC(CO)C(O)C(O)C3OC(=O)C3=COC(OC4OC(CO)C(O)C(O)C4O)C4C(COC(=O)SC)=CC(O)C34)C12. The molecule has 25 heteroatoms. The largest absolute Gasteiger partial charge is 0.478 e. The van der Waals surface area contributed by atoms with Crippen LogP contribution in [0.3, 0.4) is 0 Å². The minimum Gasteiger partial charge on any atom is -0.478 e. The Morgan fingerprint density at radius 1 is 0.607 bits per heavy atom. The van der Waals surface area contributed by atoms with Crippen molar-refractivity contribution in [3.63, 3.8) is 0 Å². The maximum Gasteiger partial charge on any atom is 0.367 e. The highest BCUT2D eigenvalue weighted by Crippen LogP contribution is 2.47. The van der Waals surface area contributed by atoms with Gasteiger partial charge in [-0.05, 0) is 47.2 Å². The van der Waals surface area contributed by atoms with Crippen LogP contribution in [0.5, 0.6) is 0 Å². The van der Waals surface area contributed by atoms with Gasteiger partial charge < -0.3 is 93.7 Å².